The molecule has 0 atom stereocenters. The standard InChI is InChI=1S/C25H26N2O2S/c26-21-19-6-7-20(25-11-16-8-17(12-25)10-18(9-16)13-25)27-23(19)30-22(21)24(28)29-14-15-4-2-1-3-5-15/h1-7,16-18H,8-14,26H2. The number of pyridine rings is 1. The summed E-state index contributed by atoms with van der Waals surface area (Å²) in [6, 6.07) is 14.0. The van der Waals surface area contributed by atoms with Crippen molar-refractivity contribution in [1.29, 1.82) is 0 Å². The molecule has 4 bridgehead atoms. The molecule has 154 valence electrons. The second kappa shape index (κ2) is 6.81. The molecule has 0 amide bonds. The second-order valence-corrected chi connectivity index (χ2v) is 10.7. The summed E-state index contributed by atoms with van der Waals surface area (Å²) in [6.07, 6.45) is 8.11. The van der Waals surface area contributed by atoms with Crippen LogP contribution in [0.25, 0.3) is 10.2 Å². The minimum absolute atomic E-state index is 0.246. The minimum atomic E-state index is -0.365. The number of nitrogens with two attached hydrogens (primary N) is 1. The molecule has 0 radical (unpaired) electrons. The van der Waals surface area contributed by atoms with E-state index in [2.05, 4.69) is 12.1 Å². The Morgan fingerprint density at radius 1 is 1.03 bits per heavy atom. The number of nitrogen functional groups attached to an aromatic ring is 1. The van der Waals surface area contributed by atoms with Crippen molar-refractivity contribution in [2.24, 2.45) is 17.8 Å². The molecule has 4 aliphatic carbocycles. The van der Waals surface area contributed by atoms with Gasteiger partial charge in [0.05, 0.1) is 5.69 Å². The molecule has 4 aliphatic rings. The Morgan fingerprint density at radius 3 is 2.37 bits per heavy atom. The summed E-state index contributed by atoms with van der Waals surface area (Å²) in [7, 11) is 0. The van der Waals surface area contributed by atoms with Gasteiger partial charge in [0.15, 0.2) is 0 Å². The van der Waals surface area contributed by atoms with E-state index >= 15 is 0 Å². The first kappa shape index (κ1) is 18.4. The molecule has 7 rings (SSSR count). The molecule has 30 heavy (non-hydrogen) atoms. The van der Waals surface area contributed by atoms with Crippen LogP contribution in [0.5, 0.6) is 0 Å². The van der Waals surface area contributed by atoms with E-state index in [9.17, 15) is 4.79 Å². The summed E-state index contributed by atoms with van der Waals surface area (Å²) in [5.41, 5.74) is 9.27. The zero-order chi connectivity index (χ0) is 20.3. The zero-order valence-corrected chi connectivity index (χ0v) is 17.8. The molecule has 3 aromatic rings. The van der Waals surface area contributed by atoms with Gasteiger partial charge in [-0.1, -0.05) is 30.3 Å². The fourth-order valence-electron chi connectivity index (χ4n) is 6.66. The van der Waals surface area contributed by atoms with Crippen LogP contribution in [0.15, 0.2) is 42.5 Å². The van der Waals surface area contributed by atoms with Crippen molar-refractivity contribution in [2.75, 3.05) is 5.73 Å². The van der Waals surface area contributed by atoms with Gasteiger partial charge in [0.2, 0.25) is 0 Å². The Labute approximate surface area is 180 Å². The van der Waals surface area contributed by atoms with Crippen molar-refractivity contribution in [2.45, 2.75) is 50.5 Å². The number of hydrogen-bond donors (Lipinski definition) is 1. The number of fused-ring (bicyclic) bond motifs is 1. The lowest BCUT2D eigenvalue weighted by atomic mass is 9.49. The van der Waals surface area contributed by atoms with Crippen LogP contribution < -0.4 is 5.73 Å². The minimum Gasteiger partial charge on any atom is -0.457 e. The third-order valence-electron chi connectivity index (χ3n) is 7.57. The summed E-state index contributed by atoms with van der Waals surface area (Å²) in [5, 5.41) is 0.875. The Morgan fingerprint density at radius 2 is 1.70 bits per heavy atom. The number of esters is 1. The number of anilines is 1. The molecule has 4 fully saturated rings. The Hall–Kier alpha value is -2.40. The normalized spacial score (nSPS) is 29.4. The molecule has 0 saturated heterocycles. The lowest BCUT2D eigenvalue weighted by Crippen LogP contribution is -2.48. The van der Waals surface area contributed by atoms with Gasteiger partial charge in [-0.05, 0) is 74.0 Å². The van der Waals surface area contributed by atoms with E-state index in [1.807, 2.05) is 30.3 Å². The summed E-state index contributed by atoms with van der Waals surface area (Å²) in [6.45, 7) is 0.249. The number of aromatic nitrogens is 1. The molecule has 4 nitrogen and oxygen atoms in total. The summed E-state index contributed by atoms with van der Waals surface area (Å²) in [5.74, 6) is 2.28. The highest BCUT2D eigenvalue weighted by Gasteiger charge is 2.52. The number of hydrogen-bond acceptors (Lipinski definition) is 5. The Bertz CT molecular complexity index is 1090. The van der Waals surface area contributed by atoms with E-state index in [0.29, 0.717) is 10.6 Å². The van der Waals surface area contributed by atoms with Crippen LogP contribution in [0.3, 0.4) is 0 Å². The van der Waals surface area contributed by atoms with Crippen LogP contribution in [-0.2, 0) is 16.8 Å². The van der Waals surface area contributed by atoms with E-state index < -0.39 is 0 Å². The Balaban J connectivity index is 1.29. The van der Waals surface area contributed by atoms with Crippen LogP contribution in [-0.4, -0.2) is 11.0 Å². The molecule has 1 aromatic carbocycles. The molecule has 5 heteroatoms. The number of thiophene rings is 1. The topological polar surface area (TPSA) is 65.2 Å². The van der Waals surface area contributed by atoms with E-state index in [1.165, 1.54) is 55.6 Å². The predicted octanol–water partition coefficient (Wildman–Crippen LogP) is 5.70. The van der Waals surface area contributed by atoms with E-state index in [4.69, 9.17) is 15.5 Å². The smallest absolute Gasteiger partial charge is 0.350 e. The van der Waals surface area contributed by atoms with Crippen LogP contribution in [0.1, 0.15) is 59.5 Å². The highest BCUT2D eigenvalue weighted by molar-refractivity contribution is 7.21. The average molecular weight is 419 g/mol. The molecule has 2 N–H and O–H groups in total. The molecule has 2 heterocycles. The molecular formula is C25H26N2O2S. The van der Waals surface area contributed by atoms with Gasteiger partial charge in [0.25, 0.3) is 0 Å². The third-order valence-corrected chi connectivity index (χ3v) is 8.67. The van der Waals surface area contributed by atoms with Gasteiger partial charge in [-0.25, -0.2) is 9.78 Å². The lowest BCUT2D eigenvalue weighted by molar-refractivity contribution is -0.00704. The van der Waals surface area contributed by atoms with Crippen molar-refractivity contribution in [3.05, 3.63) is 58.6 Å². The van der Waals surface area contributed by atoms with Gasteiger partial charge < -0.3 is 10.5 Å². The van der Waals surface area contributed by atoms with Gasteiger partial charge in [-0.2, -0.15) is 0 Å². The maximum absolute atomic E-state index is 12.7. The number of carbonyl (C=O) groups is 1. The van der Waals surface area contributed by atoms with Crippen LogP contribution in [0, 0.1) is 17.8 Å². The van der Waals surface area contributed by atoms with Gasteiger partial charge in [-0.3, -0.25) is 0 Å². The van der Waals surface area contributed by atoms with Gasteiger partial charge in [0, 0.05) is 16.5 Å². The molecular weight excluding hydrogens is 392 g/mol. The molecule has 0 spiro atoms. The largest absolute Gasteiger partial charge is 0.457 e. The van der Waals surface area contributed by atoms with Crippen molar-refractivity contribution >= 4 is 33.2 Å². The quantitative estimate of drug-likeness (QED) is 0.552. The van der Waals surface area contributed by atoms with Gasteiger partial charge >= 0.3 is 5.97 Å². The SMILES string of the molecule is Nc1c(C(=O)OCc2ccccc2)sc2nc(C34CC5CC(CC(C5)C3)C4)ccc12. The van der Waals surface area contributed by atoms with Crippen LogP contribution in [0.2, 0.25) is 0 Å². The summed E-state index contributed by atoms with van der Waals surface area (Å²) in [4.78, 5) is 19.1. The van der Waals surface area contributed by atoms with Gasteiger partial charge in [0.1, 0.15) is 16.3 Å². The summed E-state index contributed by atoms with van der Waals surface area (Å²) < 4.78 is 5.52. The van der Waals surface area contributed by atoms with E-state index in [1.54, 1.807) is 0 Å². The molecule has 0 aliphatic heterocycles. The van der Waals surface area contributed by atoms with E-state index in [-0.39, 0.29) is 18.0 Å². The monoisotopic (exact) mass is 418 g/mol. The number of rotatable bonds is 4. The Kier molecular flexibility index (Phi) is 4.17. The lowest BCUT2D eigenvalue weighted by Gasteiger charge is -2.56. The predicted molar refractivity (Wildman–Crippen MR) is 119 cm³/mol. The highest BCUT2D eigenvalue weighted by Crippen LogP contribution is 2.60. The van der Waals surface area contributed by atoms with E-state index in [0.717, 1.165) is 33.5 Å². The number of nitrogens with zero attached hydrogens (tertiary/aromatic N) is 1. The second-order valence-electron chi connectivity index (χ2n) is 9.65. The maximum atomic E-state index is 12.7. The number of benzene rings is 1. The first-order valence-corrected chi connectivity index (χ1v) is 11.8. The van der Waals surface area contributed by atoms with Crippen molar-refractivity contribution in [3.8, 4) is 0 Å². The zero-order valence-electron chi connectivity index (χ0n) is 17.0. The average Bonchev–Trinajstić information content (AvgIpc) is 3.08. The molecule has 2 aromatic heterocycles. The fourth-order valence-corrected chi connectivity index (χ4v) is 7.64. The van der Waals surface area contributed by atoms with Crippen molar-refractivity contribution in [1.82, 2.24) is 4.98 Å². The maximum Gasteiger partial charge on any atom is 0.350 e. The number of ether oxygens (including phenoxy) is 1. The van der Waals surface area contributed by atoms with Crippen LogP contribution in [0.4, 0.5) is 5.69 Å². The molecule has 0 unspecified atom stereocenters. The first-order valence-electron chi connectivity index (χ1n) is 11.0. The highest BCUT2D eigenvalue weighted by atomic mass is 32.1. The van der Waals surface area contributed by atoms with Crippen molar-refractivity contribution < 1.29 is 9.53 Å². The van der Waals surface area contributed by atoms with Crippen molar-refractivity contribution in [3.63, 3.8) is 0 Å². The fraction of sp³-hybridized carbons (Fsp3) is 0.440. The summed E-state index contributed by atoms with van der Waals surface area (Å²) >= 11 is 1.37. The number of carbonyl (C=O) groups excluding carboxylic acids is 1. The first-order chi connectivity index (χ1) is 14.6. The third kappa shape index (κ3) is 2.94. The molecule has 4 saturated carbocycles. The van der Waals surface area contributed by atoms with Gasteiger partial charge in [-0.15, -0.1) is 11.3 Å². The van der Waals surface area contributed by atoms with Crippen LogP contribution >= 0.6 is 11.3 Å².